The maximum absolute atomic E-state index is 12.2. The van der Waals surface area contributed by atoms with E-state index in [9.17, 15) is 19.2 Å². The quantitative estimate of drug-likeness (QED) is 0.0175. The van der Waals surface area contributed by atoms with Gasteiger partial charge in [-0.05, 0) is 185 Å². The number of nitrogens with zero attached hydrogens (tertiary/aromatic N) is 31. The highest BCUT2D eigenvalue weighted by molar-refractivity contribution is 9.11. The monoisotopic (exact) mass is 2250 g/mol. The normalized spacial score (nSPS) is 13.6. The molecule has 9 N–H and O–H groups in total. The van der Waals surface area contributed by atoms with Gasteiger partial charge in [0, 0.05) is 137 Å². The molecular formula is C97H134Br4N36O8. The molecular weight excluding hydrogens is 2120 g/mol. The number of fused-ring (bicyclic) bond motifs is 2. The molecule has 0 aromatic carbocycles. The Morgan fingerprint density at radius 2 is 0.800 bits per heavy atom. The molecule has 4 aliphatic heterocycles. The third kappa shape index (κ3) is 35.2. The molecule has 145 heavy (non-hydrogen) atoms. The lowest BCUT2D eigenvalue weighted by atomic mass is 9.97. The SMILES string of the molecule is CCc1nc(Br)ncc1N.CCc1nc(Br)ncc1N=CN(C)C.CCc1nc(C2CN(C(=O)OC(C)(C)C)C2)cnc1N.CCc1nc(C2CN(C(=O)OC(C)(C)C)C2)cnc1N(C)c1cc2c(cn1)ncn2C.CCc1nc(C2CN(C(=O)OC(C)(C)C)C2)cnc1N=CN(C)C.CCc1nc(C2CN(C(=O)OC(C)(C)C)C2)cnc1Nc1cc2c(cn1)ncn2C.Nc1cnc(Br)nc1Br.Nc1cncnc1. The van der Waals surface area contributed by atoms with Gasteiger partial charge in [-0.2, -0.15) is 0 Å². The predicted octanol–water partition coefficient (Wildman–Crippen LogP) is 16.4. The van der Waals surface area contributed by atoms with E-state index in [1.54, 1.807) is 101 Å². The van der Waals surface area contributed by atoms with Crippen molar-refractivity contribution in [2.24, 2.45) is 24.1 Å². The maximum atomic E-state index is 12.2. The van der Waals surface area contributed by atoms with Crippen LogP contribution in [0.5, 0.6) is 0 Å². The molecule has 4 amide bonds. The molecule has 0 bridgehead atoms. The number of hydrogen-bond acceptors (Lipinski definition) is 36. The number of imidazole rings is 2. The number of pyridine rings is 2. The fourth-order valence-electron chi connectivity index (χ4n) is 13.6. The summed E-state index contributed by atoms with van der Waals surface area (Å²) in [6, 6.07) is 3.95. The molecule has 0 unspecified atom stereocenters. The van der Waals surface area contributed by atoms with Gasteiger partial charge >= 0.3 is 24.4 Å². The van der Waals surface area contributed by atoms with Gasteiger partial charge < -0.3 is 90.6 Å². The van der Waals surface area contributed by atoms with E-state index in [1.807, 2.05) is 209 Å². The van der Waals surface area contributed by atoms with Crippen molar-refractivity contribution in [3.8, 4) is 0 Å². The van der Waals surface area contributed by atoms with Crippen LogP contribution >= 0.6 is 63.7 Å². The molecule has 12 aromatic rings. The van der Waals surface area contributed by atoms with E-state index < -0.39 is 22.4 Å². The molecule has 0 spiro atoms. The number of hydrogen-bond donors (Lipinski definition) is 5. The summed E-state index contributed by atoms with van der Waals surface area (Å²) in [5, 5.41) is 3.28. The number of carbonyl (C=O) groups is 4. The summed E-state index contributed by atoms with van der Waals surface area (Å²) < 4.78 is 27.8. The van der Waals surface area contributed by atoms with Crippen LogP contribution in [-0.4, -0.2) is 285 Å². The van der Waals surface area contributed by atoms with Crippen LogP contribution in [0.1, 0.15) is 205 Å². The largest absolute Gasteiger partial charge is 0.444 e. The first kappa shape index (κ1) is 115. The topological polar surface area (TPSA) is 536 Å². The second-order valence-electron chi connectivity index (χ2n) is 38.3. The fraction of sp³-hybridized carbons (Fsp3) is 0.485. The Hall–Kier alpha value is -13.4. The van der Waals surface area contributed by atoms with Crippen LogP contribution in [0.4, 0.5) is 76.8 Å². The van der Waals surface area contributed by atoms with Crippen molar-refractivity contribution < 1.29 is 38.1 Å². The van der Waals surface area contributed by atoms with Crippen molar-refractivity contribution >= 4 is 180 Å². The van der Waals surface area contributed by atoms with Crippen LogP contribution < -0.4 is 33.2 Å². The average molecular weight is 2250 g/mol. The molecule has 778 valence electrons. The number of aromatic nitrogens is 22. The zero-order valence-corrected chi connectivity index (χ0v) is 93.4. The lowest BCUT2D eigenvalue weighted by Crippen LogP contribution is -2.50. The summed E-state index contributed by atoms with van der Waals surface area (Å²) in [5.74, 6) is 4.88. The molecule has 4 aliphatic rings. The molecule has 0 saturated carbocycles. The van der Waals surface area contributed by atoms with Gasteiger partial charge in [0.15, 0.2) is 31.7 Å². The molecule has 16 heterocycles. The number of anilines is 8. The predicted molar refractivity (Wildman–Crippen MR) is 575 cm³/mol. The molecule has 16 rings (SSSR count). The van der Waals surface area contributed by atoms with Crippen molar-refractivity contribution in [3.63, 3.8) is 0 Å². The molecule has 4 fully saturated rings. The van der Waals surface area contributed by atoms with Crippen LogP contribution in [0, 0.1) is 0 Å². The number of carbonyl (C=O) groups excluding carboxylic acids is 4. The first-order valence-corrected chi connectivity index (χ1v) is 50.3. The Balaban J connectivity index is 0.000000192. The van der Waals surface area contributed by atoms with E-state index in [1.165, 1.54) is 12.5 Å². The third-order valence-electron chi connectivity index (χ3n) is 21.2. The molecule has 4 saturated heterocycles. The number of aryl methyl sites for hydroxylation is 8. The number of aliphatic imine (C=N–C) groups is 2. The minimum atomic E-state index is -0.490. The van der Waals surface area contributed by atoms with Gasteiger partial charge in [0.2, 0.25) is 0 Å². The second-order valence-corrected chi connectivity index (χ2v) is 41.1. The van der Waals surface area contributed by atoms with Crippen molar-refractivity contribution in [1.82, 2.24) is 138 Å². The van der Waals surface area contributed by atoms with Gasteiger partial charge in [0.05, 0.1) is 179 Å². The van der Waals surface area contributed by atoms with Gasteiger partial charge in [-0.1, -0.05) is 41.5 Å². The minimum Gasteiger partial charge on any atom is -0.444 e. The van der Waals surface area contributed by atoms with Crippen molar-refractivity contribution in [2.45, 2.75) is 209 Å². The van der Waals surface area contributed by atoms with E-state index >= 15 is 0 Å². The Morgan fingerprint density at radius 3 is 1.22 bits per heavy atom. The second kappa shape index (κ2) is 52.4. The third-order valence-corrected chi connectivity index (χ3v) is 23.0. The van der Waals surface area contributed by atoms with Crippen molar-refractivity contribution in [1.29, 1.82) is 0 Å². The van der Waals surface area contributed by atoms with Crippen LogP contribution in [0.3, 0.4) is 0 Å². The fourth-order valence-corrected chi connectivity index (χ4v) is 15.0. The van der Waals surface area contributed by atoms with Gasteiger partial charge in [-0.15, -0.1) is 0 Å². The summed E-state index contributed by atoms with van der Waals surface area (Å²) in [5.41, 5.74) is 35.3. The van der Waals surface area contributed by atoms with Crippen molar-refractivity contribution in [2.75, 3.05) is 121 Å². The van der Waals surface area contributed by atoms with Gasteiger partial charge in [-0.3, -0.25) is 19.9 Å². The van der Waals surface area contributed by atoms with E-state index in [0.717, 1.165) is 135 Å². The van der Waals surface area contributed by atoms with Gasteiger partial charge in [0.1, 0.15) is 67.5 Å². The number of likely N-dealkylation sites (tertiary alicyclic amines) is 4. The zero-order chi connectivity index (χ0) is 107. The number of amides is 4. The highest BCUT2D eigenvalue weighted by Gasteiger charge is 2.40. The van der Waals surface area contributed by atoms with Crippen LogP contribution in [0.15, 0.2) is 128 Å². The van der Waals surface area contributed by atoms with Gasteiger partial charge in [0.25, 0.3) is 0 Å². The number of nitrogens with one attached hydrogen (secondary N) is 1. The smallest absolute Gasteiger partial charge is 0.410 e. The molecule has 0 atom stereocenters. The average Bonchev–Trinajstić information content (AvgIpc) is 1.77. The molecule has 48 heteroatoms. The highest BCUT2D eigenvalue weighted by Crippen LogP contribution is 2.36. The molecule has 0 radical (unpaired) electrons. The summed E-state index contributed by atoms with van der Waals surface area (Å²) in [4.78, 5) is 155. The maximum Gasteiger partial charge on any atom is 0.410 e. The van der Waals surface area contributed by atoms with E-state index in [4.69, 9.17) is 56.8 Å². The Labute approximate surface area is 879 Å². The van der Waals surface area contributed by atoms with E-state index in [-0.39, 0.29) is 48.0 Å². The standard InChI is InChI=1S/C22H29N7O2.C21H27N7O2.C17H27N5O2.C14H22N4O2.C9H13BrN4.C6H8BrN3.C4H3Br2N3.C4H5N3/c1-7-15-20(28(6)19-8-18-17(10-23-19)25-13-27(18)5)24-9-16(26-15)14-11-29(12-14)21(30)31-22(2,3)4;1-6-14-19(26-18-7-17-16(9-22-18)24-12-27(17)5)23-8-15(25-14)13-10-28(11-13)20(29)30-21(2,3)4;1-7-13-15(19-11-21(5)6)18-8-14(20-13)12-9-22(10-12)16(23)24-17(2,3)4;1-5-10-12(15)16-6-11(17-10)9-7-18(8-9)13(19)20-14(2,3)4;1-4-7-8(12-6-14(2)3)5-11-9(10)13-7;1-2-5-4(8)3-9-6(7)10-5;5-3-2(7)1-8-4(6)9-3;5-4-1-6-3-7-2-4/h8-10,13-14H,7,11-12H2,1-6H3;7-9,12-13H,6,10-11H2,1-5H3,(H,22,23,26);8,11-12H,7,9-10H2,1-6H3;6,9H,5,7-8H2,1-4H3,(H2,15,16);5-6H,4H2,1-3H3;3H,2,8H2,1H3;1H,7H2;1-3H,5H2. The first-order chi connectivity index (χ1) is 68.3. The number of rotatable bonds is 18. The summed E-state index contributed by atoms with van der Waals surface area (Å²) in [6.07, 6.45) is 30.6. The Morgan fingerprint density at radius 1 is 0.414 bits per heavy atom. The molecule has 44 nitrogen and oxygen atoms in total. The molecule has 0 aliphatic carbocycles. The zero-order valence-electron chi connectivity index (χ0n) is 87.1. The van der Waals surface area contributed by atoms with Crippen LogP contribution in [0.25, 0.3) is 22.1 Å². The van der Waals surface area contributed by atoms with Crippen LogP contribution in [0.2, 0.25) is 0 Å². The minimum absolute atomic E-state index is 0.174. The lowest BCUT2D eigenvalue weighted by Gasteiger charge is -2.39. The lowest BCUT2D eigenvalue weighted by molar-refractivity contribution is 0.00691. The first-order valence-electron chi connectivity index (χ1n) is 47.1. The van der Waals surface area contributed by atoms with Crippen LogP contribution in [-0.2, 0) is 71.6 Å². The number of ether oxygens (including phenoxy) is 4. The summed E-state index contributed by atoms with van der Waals surface area (Å²) >= 11 is 12.6. The molecule has 12 aromatic heterocycles. The highest BCUT2D eigenvalue weighted by atomic mass is 79.9. The van der Waals surface area contributed by atoms with Gasteiger partial charge in [-0.25, -0.2) is 109 Å². The number of halogens is 4. The summed E-state index contributed by atoms with van der Waals surface area (Å²) in [6.45, 7) is 39.5. The number of nitrogen functional groups attached to an aromatic ring is 4. The van der Waals surface area contributed by atoms with Crippen molar-refractivity contribution in [3.05, 3.63) is 175 Å². The summed E-state index contributed by atoms with van der Waals surface area (Å²) in [7, 11) is 13.5. The number of nitrogens with two attached hydrogens (primary N) is 4. The Bertz CT molecular complexity index is 6390. The van der Waals surface area contributed by atoms with E-state index in [2.05, 4.69) is 171 Å². The van der Waals surface area contributed by atoms with E-state index in [0.29, 0.717) is 111 Å². The Kier molecular flexibility index (Phi) is 41.6.